The Bertz CT molecular complexity index is 331. The molecule has 1 aromatic rings. The number of anilines is 1. The van der Waals surface area contributed by atoms with Gasteiger partial charge in [-0.05, 0) is 31.4 Å². The first kappa shape index (κ1) is 12.5. The maximum absolute atomic E-state index is 11.5. The van der Waals surface area contributed by atoms with Gasteiger partial charge in [-0.25, -0.2) is 9.78 Å². The fraction of sp³-hybridized carbons (Fsp3) is 0.500. The molecule has 0 radical (unpaired) electrons. The summed E-state index contributed by atoms with van der Waals surface area (Å²) in [5.41, 5.74) is 1.05. The number of ether oxygens (including phenoxy) is 1. The molecule has 0 bridgehead atoms. The van der Waals surface area contributed by atoms with Crippen LogP contribution in [0.15, 0.2) is 18.3 Å². The molecule has 1 aromatic heterocycles. The zero-order valence-corrected chi connectivity index (χ0v) is 9.99. The highest BCUT2D eigenvalue weighted by Gasteiger charge is 2.10. The molecular formula is C12H18N2O2. The molecule has 0 aliphatic rings. The fourth-order valence-corrected chi connectivity index (χ4v) is 1.28. The van der Waals surface area contributed by atoms with E-state index in [0.717, 1.165) is 18.4 Å². The quantitative estimate of drug-likeness (QED) is 0.851. The molecule has 0 saturated heterocycles. The highest BCUT2D eigenvalue weighted by atomic mass is 16.6. The van der Waals surface area contributed by atoms with Gasteiger partial charge >= 0.3 is 6.09 Å². The summed E-state index contributed by atoms with van der Waals surface area (Å²) < 4.78 is 5.19. The average molecular weight is 222 g/mol. The molecule has 0 atom stereocenters. The average Bonchev–Trinajstić information content (AvgIpc) is 2.29. The van der Waals surface area contributed by atoms with Gasteiger partial charge in [0.05, 0.1) is 0 Å². The zero-order valence-electron chi connectivity index (χ0n) is 9.99. The number of nitrogens with one attached hydrogen (secondary N) is 1. The van der Waals surface area contributed by atoms with E-state index < -0.39 is 6.09 Å². The van der Waals surface area contributed by atoms with Gasteiger partial charge in [-0.3, -0.25) is 5.32 Å². The van der Waals surface area contributed by atoms with Crippen LogP contribution in [0, 0.1) is 6.92 Å². The predicted molar refractivity (Wildman–Crippen MR) is 63.4 cm³/mol. The largest absolute Gasteiger partial charge is 0.446 e. The maximum Gasteiger partial charge on any atom is 0.413 e. The number of hydrogen-bond acceptors (Lipinski definition) is 3. The molecule has 0 unspecified atom stereocenters. The van der Waals surface area contributed by atoms with Gasteiger partial charge in [0.15, 0.2) is 0 Å². The van der Waals surface area contributed by atoms with Gasteiger partial charge in [-0.2, -0.15) is 0 Å². The summed E-state index contributed by atoms with van der Waals surface area (Å²) in [5, 5.41) is 2.60. The number of aryl methyl sites for hydroxylation is 1. The molecular weight excluding hydrogens is 204 g/mol. The molecule has 4 heteroatoms. The van der Waals surface area contributed by atoms with Crippen LogP contribution in [0.5, 0.6) is 0 Å². The molecule has 1 amide bonds. The van der Waals surface area contributed by atoms with E-state index in [4.69, 9.17) is 4.74 Å². The van der Waals surface area contributed by atoms with Crippen molar-refractivity contribution in [1.29, 1.82) is 0 Å². The monoisotopic (exact) mass is 222 g/mol. The van der Waals surface area contributed by atoms with E-state index in [1.165, 1.54) is 0 Å². The van der Waals surface area contributed by atoms with Crippen LogP contribution in [0.3, 0.4) is 0 Å². The van der Waals surface area contributed by atoms with Crippen molar-refractivity contribution in [3.63, 3.8) is 0 Å². The van der Waals surface area contributed by atoms with Crippen molar-refractivity contribution in [3.05, 3.63) is 23.9 Å². The predicted octanol–water partition coefficient (Wildman–Crippen LogP) is 3.13. The summed E-state index contributed by atoms with van der Waals surface area (Å²) in [6.07, 6.45) is 2.89. The molecule has 4 nitrogen and oxygen atoms in total. The van der Waals surface area contributed by atoms with Crippen LogP contribution >= 0.6 is 0 Å². The van der Waals surface area contributed by atoms with Crippen molar-refractivity contribution in [2.45, 2.75) is 39.7 Å². The van der Waals surface area contributed by atoms with Crippen molar-refractivity contribution in [3.8, 4) is 0 Å². The molecule has 0 fully saturated rings. The van der Waals surface area contributed by atoms with Crippen molar-refractivity contribution in [1.82, 2.24) is 4.98 Å². The van der Waals surface area contributed by atoms with Gasteiger partial charge < -0.3 is 4.74 Å². The van der Waals surface area contributed by atoms with Crippen LogP contribution < -0.4 is 5.32 Å². The van der Waals surface area contributed by atoms with Gasteiger partial charge in [0.25, 0.3) is 0 Å². The first-order valence-corrected chi connectivity index (χ1v) is 5.56. The second-order valence-electron chi connectivity index (χ2n) is 3.69. The van der Waals surface area contributed by atoms with E-state index in [1.807, 2.05) is 26.8 Å². The Morgan fingerprint density at radius 3 is 2.62 bits per heavy atom. The fourth-order valence-electron chi connectivity index (χ4n) is 1.28. The summed E-state index contributed by atoms with van der Waals surface area (Å²) in [5.74, 6) is 0.515. The van der Waals surface area contributed by atoms with Crippen LogP contribution in [0.2, 0.25) is 0 Å². The second kappa shape index (κ2) is 6.10. The minimum absolute atomic E-state index is 0.0227. The molecule has 0 saturated carbocycles. The molecule has 1 heterocycles. The summed E-state index contributed by atoms with van der Waals surface area (Å²) in [6, 6.07) is 3.64. The molecule has 0 aliphatic heterocycles. The normalized spacial score (nSPS) is 10.2. The Balaban J connectivity index is 2.48. The Morgan fingerprint density at radius 2 is 2.12 bits per heavy atom. The van der Waals surface area contributed by atoms with E-state index in [9.17, 15) is 4.79 Å². The Morgan fingerprint density at radius 1 is 1.44 bits per heavy atom. The Kier molecular flexibility index (Phi) is 4.76. The molecule has 88 valence electrons. The van der Waals surface area contributed by atoms with E-state index in [0.29, 0.717) is 5.82 Å². The number of hydrogen-bond donors (Lipinski definition) is 1. The maximum atomic E-state index is 11.5. The van der Waals surface area contributed by atoms with Crippen LogP contribution in [-0.4, -0.2) is 17.2 Å². The second-order valence-corrected chi connectivity index (χ2v) is 3.69. The Hall–Kier alpha value is -1.58. The number of amides is 1. The molecule has 16 heavy (non-hydrogen) atoms. The van der Waals surface area contributed by atoms with E-state index in [2.05, 4.69) is 10.3 Å². The molecule has 0 aliphatic carbocycles. The molecule has 1 rings (SSSR count). The summed E-state index contributed by atoms with van der Waals surface area (Å²) in [7, 11) is 0. The van der Waals surface area contributed by atoms with Gasteiger partial charge in [0.1, 0.15) is 11.9 Å². The highest BCUT2D eigenvalue weighted by molar-refractivity contribution is 5.83. The SMILES string of the molecule is CCC(CC)OC(=O)Nc1ccc(C)cn1. The first-order chi connectivity index (χ1) is 7.65. The third-order valence-electron chi connectivity index (χ3n) is 2.33. The number of nitrogens with zero attached hydrogens (tertiary/aromatic N) is 1. The van der Waals surface area contributed by atoms with E-state index in [1.54, 1.807) is 12.3 Å². The lowest BCUT2D eigenvalue weighted by Gasteiger charge is -2.14. The van der Waals surface area contributed by atoms with Crippen molar-refractivity contribution in [2.75, 3.05) is 5.32 Å². The van der Waals surface area contributed by atoms with E-state index in [-0.39, 0.29) is 6.10 Å². The smallest absolute Gasteiger partial charge is 0.413 e. The Labute approximate surface area is 96.0 Å². The topological polar surface area (TPSA) is 51.2 Å². The summed E-state index contributed by atoms with van der Waals surface area (Å²) in [4.78, 5) is 15.5. The van der Waals surface area contributed by atoms with Gasteiger partial charge in [0.2, 0.25) is 0 Å². The van der Waals surface area contributed by atoms with E-state index >= 15 is 0 Å². The van der Waals surface area contributed by atoms with Gasteiger partial charge in [0, 0.05) is 6.20 Å². The number of carbonyl (C=O) groups is 1. The van der Waals surface area contributed by atoms with Crippen LogP contribution in [-0.2, 0) is 4.74 Å². The number of pyridine rings is 1. The lowest BCUT2D eigenvalue weighted by atomic mass is 10.2. The number of aromatic nitrogens is 1. The summed E-state index contributed by atoms with van der Waals surface area (Å²) in [6.45, 7) is 5.93. The minimum Gasteiger partial charge on any atom is -0.446 e. The van der Waals surface area contributed by atoms with Gasteiger partial charge in [-0.1, -0.05) is 19.9 Å². The lowest BCUT2D eigenvalue weighted by molar-refractivity contribution is 0.106. The van der Waals surface area contributed by atoms with Crippen LogP contribution in [0.25, 0.3) is 0 Å². The zero-order chi connectivity index (χ0) is 12.0. The third kappa shape index (κ3) is 3.88. The molecule has 0 aromatic carbocycles. The lowest BCUT2D eigenvalue weighted by Crippen LogP contribution is -2.21. The standard InChI is InChI=1S/C12H18N2O2/c1-4-10(5-2)16-12(15)14-11-7-6-9(3)8-13-11/h6-8,10H,4-5H2,1-3H3,(H,13,14,15). The van der Waals surface area contributed by atoms with Crippen molar-refractivity contribution >= 4 is 11.9 Å². The van der Waals surface area contributed by atoms with Crippen LogP contribution in [0.1, 0.15) is 32.3 Å². The van der Waals surface area contributed by atoms with Crippen molar-refractivity contribution in [2.24, 2.45) is 0 Å². The molecule has 0 spiro atoms. The summed E-state index contributed by atoms with van der Waals surface area (Å²) >= 11 is 0. The van der Waals surface area contributed by atoms with Crippen LogP contribution in [0.4, 0.5) is 10.6 Å². The van der Waals surface area contributed by atoms with Gasteiger partial charge in [-0.15, -0.1) is 0 Å². The first-order valence-electron chi connectivity index (χ1n) is 5.56. The molecule has 1 N–H and O–H groups in total. The third-order valence-corrected chi connectivity index (χ3v) is 2.33. The minimum atomic E-state index is -0.440. The number of rotatable bonds is 4. The highest BCUT2D eigenvalue weighted by Crippen LogP contribution is 2.07. The van der Waals surface area contributed by atoms with Crippen molar-refractivity contribution < 1.29 is 9.53 Å². The number of carbonyl (C=O) groups excluding carboxylic acids is 1.